The van der Waals surface area contributed by atoms with Crippen LogP contribution in [0, 0.1) is 0 Å². The highest BCUT2D eigenvalue weighted by Gasteiger charge is 2.20. The molecule has 3 aromatic rings. The summed E-state index contributed by atoms with van der Waals surface area (Å²) >= 11 is 0. The third kappa shape index (κ3) is 5.14. The Kier molecular flexibility index (Phi) is 7.02. The minimum absolute atomic E-state index is 0.217. The molecule has 1 heterocycles. The van der Waals surface area contributed by atoms with Crippen LogP contribution in [0.5, 0.6) is 0 Å². The Hall–Kier alpha value is -2.97. The van der Waals surface area contributed by atoms with Crippen LogP contribution in [0.4, 0.5) is 0 Å². The fourth-order valence-electron chi connectivity index (χ4n) is 3.12. The number of aromatic nitrogens is 2. The maximum Gasteiger partial charge on any atom is 0.244 e. The molecule has 0 aliphatic carbocycles. The van der Waals surface area contributed by atoms with Crippen molar-refractivity contribution in [2.24, 2.45) is 0 Å². The van der Waals surface area contributed by atoms with E-state index in [2.05, 4.69) is 15.3 Å². The molecule has 0 aliphatic rings. The second-order valence-electron chi connectivity index (χ2n) is 6.73. The quantitative estimate of drug-likeness (QED) is 0.514. The summed E-state index contributed by atoms with van der Waals surface area (Å²) in [6, 6.07) is 14.3. The van der Waals surface area contributed by atoms with E-state index in [1.165, 1.54) is 10.4 Å². The van der Waals surface area contributed by atoms with Gasteiger partial charge in [-0.3, -0.25) is 4.79 Å². The first kappa shape index (κ1) is 21.7. The number of fused-ring (bicyclic) bond motifs is 1. The van der Waals surface area contributed by atoms with Gasteiger partial charge in [0.1, 0.15) is 5.82 Å². The molecule has 0 fully saturated rings. The molecule has 2 N–H and O–H groups in total. The van der Waals surface area contributed by atoms with Gasteiger partial charge in [-0.2, -0.15) is 4.31 Å². The van der Waals surface area contributed by atoms with Gasteiger partial charge in [-0.1, -0.05) is 38.1 Å². The summed E-state index contributed by atoms with van der Waals surface area (Å²) in [7, 11) is -3.48. The molecule has 30 heavy (non-hydrogen) atoms. The lowest BCUT2D eigenvalue weighted by atomic mass is 10.2. The predicted molar refractivity (Wildman–Crippen MR) is 118 cm³/mol. The normalized spacial score (nSPS) is 12.1. The molecule has 0 unspecified atom stereocenters. The van der Waals surface area contributed by atoms with Gasteiger partial charge in [0.15, 0.2) is 0 Å². The van der Waals surface area contributed by atoms with Crippen LogP contribution < -0.4 is 5.32 Å². The molecular formula is C22H26N4O3S. The standard InChI is InChI=1S/C22H26N4O3S/c1-3-26(4-2)30(28,29)18-12-9-17(10-13-18)11-14-22(27)23-16-15-21-24-19-7-5-6-8-20(19)25-21/h5-14H,3-4,15-16H2,1-2H3,(H,23,27)(H,24,25)/b14-11+. The van der Waals surface area contributed by atoms with Crippen LogP contribution in [-0.4, -0.2) is 48.2 Å². The molecule has 0 saturated heterocycles. The van der Waals surface area contributed by atoms with Gasteiger partial charge >= 0.3 is 0 Å². The highest BCUT2D eigenvalue weighted by molar-refractivity contribution is 7.89. The molecule has 0 atom stereocenters. The van der Waals surface area contributed by atoms with Gasteiger partial charge < -0.3 is 10.3 Å². The Balaban J connectivity index is 1.53. The summed E-state index contributed by atoms with van der Waals surface area (Å²) in [5, 5.41) is 2.82. The van der Waals surface area contributed by atoms with E-state index in [1.54, 1.807) is 30.3 Å². The van der Waals surface area contributed by atoms with Crippen LogP contribution in [0.25, 0.3) is 17.1 Å². The number of para-hydroxylation sites is 2. The summed E-state index contributed by atoms with van der Waals surface area (Å²) < 4.78 is 26.4. The second kappa shape index (κ2) is 9.69. The first-order valence-electron chi connectivity index (χ1n) is 9.93. The molecule has 0 spiro atoms. The van der Waals surface area contributed by atoms with Gasteiger partial charge in [0.05, 0.1) is 15.9 Å². The highest BCUT2D eigenvalue weighted by atomic mass is 32.2. The van der Waals surface area contributed by atoms with E-state index in [-0.39, 0.29) is 10.8 Å². The Labute approximate surface area is 176 Å². The van der Waals surface area contributed by atoms with Crippen molar-refractivity contribution in [3.8, 4) is 0 Å². The molecule has 3 rings (SSSR count). The lowest BCUT2D eigenvalue weighted by Gasteiger charge is -2.18. The third-order valence-electron chi connectivity index (χ3n) is 4.75. The number of carbonyl (C=O) groups is 1. The third-order valence-corrected chi connectivity index (χ3v) is 6.81. The molecular weight excluding hydrogens is 400 g/mol. The summed E-state index contributed by atoms with van der Waals surface area (Å²) in [4.78, 5) is 20.0. The van der Waals surface area contributed by atoms with Crippen molar-refractivity contribution in [1.82, 2.24) is 19.6 Å². The average Bonchev–Trinajstić information content (AvgIpc) is 3.16. The summed E-state index contributed by atoms with van der Waals surface area (Å²) in [6.07, 6.45) is 3.70. The minimum Gasteiger partial charge on any atom is -0.352 e. The first-order chi connectivity index (χ1) is 14.4. The molecule has 2 aromatic carbocycles. The largest absolute Gasteiger partial charge is 0.352 e. The van der Waals surface area contributed by atoms with Gasteiger partial charge in [0.2, 0.25) is 15.9 Å². The molecule has 158 valence electrons. The van der Waals surface area contributed by atoms with Crippen molar-refractivity contribution in [2.75, 3.05) is 19.6 Å². The molecule has 1 aromatic heterocycles. The number of hydrogen-bond donors (Lipinski definition) is 2. The molecule has 0 bridgehead atoms. The fourth-order valence-corrected chi connectivity index (χ4v) is 4.58. The number of carbonyl (C=O) groups excluding carboxylic acids is 1. The number of imidazole rings is 1. The zero-order chi connectivity index (χ0) is 21.6. The van der Waals surface area contributed by atoms with Crippen molar-refractivity contribution in [2.45, 2.75) is 25.2 Å². The number of H-pyrrole nitrogens is 1. The van der Waals surface area contributed by atoms with Crippen LogP contribution in [-0.2, 0) is 21.2 Å². The van der Waals surface area contributed by atoms with E-state index in [0.717, 1.165) is 22.4 Å². The topological polar surface area (TPSA) is 95.2 Å². The molecule has 1 amide bonds. The smallest absolute Gasteiger partial charge is 0.244 e. The number of nitrogens with one attached hydrogen (secondary N) is 2. The van der Waals surface area contributed by atoms with Gasteiger partial charge in [-0.05, 0) is 35.9 Å². The zero-order valence-corrected chi connectivity index (χ0v) is 17.9. The van der Waals surface area contributed by atoms with Crippen molar-refractivity contribution >= 4 is 33.0 Å². The lowest BCUT2D eigenvalue weighted by molar-refractivity contribution is -0.116. The van der Waals surface area contributed by atoms with Crippen LogP contribution in [0.2, 0.25) is 0 Å². The van der Waals surface area contributed by atoms with Gasteiger partial charge in [-0.15, -0.1) is 0 Å². The monoisotopic (exact) mass is 426 g/mol. The summed E-state index contributed by atoms with van der Waals surface area (Å²) in [6.45, 7) is 4.93. The van der Waals surface area contributed by atoms with Gasteiger partial charge in [0.25, 0.3) is 0 Å². The van der Waals surface area contributed by atoms with Crippen molar-refractivity contribution < 1.29 is 13.2 Å². The number of amides is 1. The maximum atomic E-state index is 12.5. The fraction of sp³-hybridized carbons (Fsp3) is 0.273. The highest BCUT2D eigenvalue weighted by Crippen LogP contribution is 2.16. The minimum atomic E-state index is -3.48. The Morgan fingerprint density at radius 1 is 1.10 bits per heavy atom. The van der Waals surface area contributed by atoms with E-state index in [1.807, 2.05) is 38.1 Å². The number of nitrogens with zero attached hydrogens (tertiary/aromatic N) is 2. The van der Waals surface area contributed by atoms with Crippen molar-refractivity contribution in [3.05, 3.63) is 66.0 Å². The predicted octanol–water partition coefficient (Wildman–Crippen LogP) is 2.97. The Bertz CT molecular complexity index is 1100. The zero-order valence-electron chi connectivity index (χ0n) is 17.1. The van der Waals surface area contributed by atoms with Crippen LogP contribution in [0.3, 0.4) is 0 Å². The van der Waals surface area contributed by atoms with E-state index < -0.39 is 10.0 Å². The first-order valence-corrected chi connectivity index (χ1v) is 11.4. The van der Waals surface area contributed by atoms with Crippen LogP contribution in [0.15, 0.2) is 59.5 Å². The average molecular weight is 427 g/mol. The van der Waals surface area contributed by atoms with Gasteiger partial charge in [-0.25, -0.2) is 13.4 Å². The van der Waals surface area contributed by atoms with E-state index in [9.17, 15) is 13.2 Å². The van der Waals surface area contributed by atoms with Crippen molar-refractivity contribution in [3.63, 3.8) is 0 Å². The number of benzene rings is 2. The van der Waals surface area contributed by atoms with Gasteiger partial charge in [0, 0.05) is 32.1 Å². The van der Waals surface area contributed by atoms with Crippen LogP contribution in [0.1, 0.15) is 25.2 Å². The van der Waals surface area contributed by atoms with E-state index >= 15 is 0 Å². The summed E-state index contributed by atoms with van der Waals surface area (Å²) in [5.41, 5.74) is 2.64. The lowest BCUT2D eigenvalue weighted by Crippen LogP contribution is -2.30. The van der Waals surface area contributed by atoms with E-state index in [0.29, 0.717) is 26.1 Å². The van der Waals surface area contributed by atoms with E-state index in [4.69, 9.17) is 0 Å². The molecule has 0 saturated carbocycles. The van der Waals surface area contributed by atoms with Crippen molar-refractivity contribution in [1.29, 1.82) is 0 Å². The number of sulfonamides is 1. The number of aromatic amines is 1. The number of hydrogen-bond acceptors (Lipinski definition) is 4. The molecule has 0 radical (unpaired) electrons. The SMILES string of the molecule is CCN(CC)S(=O)(=O)c1ccc(/C=C/C(=O)NCCc2nc3ccccc3[nH]2)cc1. The maximum absolute atomic E-state index is 12.5. The molecule has 7 nitrogen and oxygen atoms in total. The Morgan fingerprint density at radius 2 is 1.80 bits per heavy atom. The molecule has 8 heteroatoms. The second-order valence-corrected chi connectivity index (χ2v) is 8.67. The Morgan fingerprint density at radius 3 is 2.47 bits per heavy atom. The van der Waals surface area contributed by atoms with Crippen LogP contribution >= 0.6 is 0 Å². The number of rotatable bonds is 9. The molecule has 0 aliphatic heterocycles. The summed E-state index contributed by atoms with van der Waals surface area (Å²) in [5.74, 6) is 0.608.